The summed E-state index contributed by atoms with van der Waals surface area (Å²) < 4.78 is 5.58. The van der Waals surface area contributed by atoms with E-state index in [1.807, 2.05) is 36.4 Å². The summed E-state index contributed by atoms with van der Waals surface area (Å²) in [6.07, 6.45) is -0.435. The Bertz CT molecular complexity index is 847. The lowest BCUT2D eigenvalue weighted by Crippen LogP contribution is -2.20. The maximum atomic E-state index is 11.3. The highest BCUT2D eigenvalue weighted by molar-refractivity contribution is 5.80. The van der Waals surface area contributed by atoms with Crippen LogP contribution in [0.3, 0.4) is 0 Å². The molecule has 0 bridgehead atoms. The first-order valence-electron chi connectivity index (χ1n) is 8.20. The number of Topliss-reactive ketones (excluding diaryl/α,β-unsaturated/α-hetero) is 1. The molecule has 0 radical (unpaired) electrons. The van der Waals surface area contributed by atoms with Crippen LogP contribution in [0.15, 0.2) is 72.8 Å². The van der Waals surface area contributed by atoms with Gasteiger partial charge in [-0.1, -0.05) is 48.5 Å². The summed E-state index contributed by atoms with van der Waals surface area (Å²) in [5.41, 5.74) is 4.35. The number of carbonyl (C=O) groups is 1. The fraction of sp³-hybridized carbons (Fsp3) is 0.136. The van der Waals surface area contributed by atoms with Crippen LogP contribution in [0.5, 0.6) is 11.5 Å². The van der Waals surface area contributed by atoms with Crippen LogP contribution < -0.4 is 4.74 Å². The van der Waals surface area contributed by atoms with Gasteiger partial charge >= 0.3 is 0 Å². The molecule has 0 fully saturated rings. The van der Waals surface area contributed by atoms with E-state index in [0.717, 1.165) is 22.3 Å². The third kappa shape index (κ3) is 4.07. The van der Waals surface area contributed by atoms with Crippen molar-refractivity contribution in [3.05, 3.63) is 72.8 Å². The van der Waals surface area contributed by atoms with Crippen LogP contribution in [0.1, 0.15) is 13.8 Å². The minimum atomic E-state index is -0.435. The topological polar surface area (TPSA) is 46.5 Å². The van der Waals surface area contributed by atoms with Crippen molar-refractivity contribution in [3.8, 4) is 33.8 Å². The van der Waals surface area contributed by atoms with E-state index in [2.05, 4.69) is 24.3 Å². The van der Waals surface area contributed by atoms with Crippen LogP contribution in [0.25, 0.3) is 22.3 Å². The van der Waals surface area contributed by atoms with E-state index < -0.39 is 6.10 Å². The first kappa shape index (κ1) is 16.8. The molecule has 1 atom stereocenters. The number of ether oxygens (including phenoxy) is 1. The Labute approximate surface area is 147 Å². The zero-order valence-corrected chi connectivity index (χ0v) is 14.3. The van der Waals surface area contributed by atoms with Crippen molar-refractivity contribution in [2.24, 2.45) is 0 Å². The van der Waals surface area contributed by atoms with Crippen molar-refractivity contribution < 1.29 is 14.6 Å². The second-order valence-electron chi connectivity index (χ2n) is 6.02. The van der Waals surface area contributed by atoms with Crippen molar-refractivity contribution in [1.29, 1.82) is 0 Å². The molecule has 3 aromatic rings. The highest BCUT2D eigenvalue weighted by Crippen LogP contribution is 2.27. The number of carbonyl (C=O) groups excluding carboxylic acids is 1. The van der Waals surface area contributed by atoms with Crippen molar-refractivity contribution in [3.63, 3.8) is 0 Å². The van der Waals surface area contributed by atoms with Crippen LogP contribution in [0, 0.1) is 0 Å². The third-order valence-electron chi connectivity index (χ3n) is 4.16. The van der Waals surface area contributed by atoms with Gasteiger partial charge in [-0.05, 0) is 60.4 Å². The van der Waals surface area contributed by atoms with E-state index in [-0.39, 0.29) is 11.5 Å². The molecule has 0 aliphatic rings. The van der Waals surface area contributed by atoms with Crippen LogP contribution in [-0.4, -0.2) is 17.0 Å². The van der Waals surface area contributed by atoms with Crippen molar-refractivity contribution >= 4 is 5.78 Å². The predicted octanol–water partition coefficient (Wildman–Crippen LogP) is 5.08. The Balaban J connectivity index is 1.76. The second-order valence-corrected chi connectivity index (χ2v) is 6.02. The summed E-state index contributed by atoms with van der Waals surface area (Å²) in [5.74, 6) is 0.961. The quantitative estimate of drug-likeness (QED) is 0.708. The number of aromatic hydroxyl groups is 1. The standard InChI is InChI=1S/C22H20O3/c1-15(23)16(2)25-22-13-9-20(10-14-22)18-5-3-17(4-6-18)19-7-11-21(24)12-8-19/h3-14,16,24H,1-2H3. The summed E-state index contributed by atoms with van der Waals surface area (Å²) in [6.45, 7) is 3.27. The zero-order chi connectivity index (χ0) is 17.8. The Morgan fingerprint density at radius 2 is 1.12 bits per heavy atom. The predicted molar refractivity (Wildman–Crippen MR) is 99.7 cm³/mol. The zero-order valence-electron chi connectivity index (χ0n) is 14.3. The third-order valence-corrected chi connectivity index (χ3v) is 4.16. The summed E-state index contributed by atoms with van der Waals surface area (Å²) in [7, 11) is 0. The Morgan fingerprint density at radius 3 is 1.52 bits per heavy atom. The van der Waals surface area contributed by atoms with Gasteiger partial charge in [0.1, 0.15) is 11.5 Å². The molecule has 3 rings (SSSR count). The highest BCUT2D eigenvalue weighted by atomic mass is 16.5. The maximum Gasteiger partial charge on any atom is 0.169 e. The molecule has 0 aliphatic heterocycles. The molecule has 0 heterocycles. The van der Waals surface area contributed by atoms with Crippen molar-refractivity contribution in [2.45, 2.75) is 20.0 Å². The second kappa shape index (κ2) is 7.22. The van der Waals surface area contributed by atoms with Crippen LogP contribution in [-0.2, 0) is 4.79 Å². The Hall–Kier alpha value is -3.07. The van der Waals surface area contributed by atoms with Gasteiger partial charge in [0.15, 0.2) is 11.9 Å². The van der Waals surface area contributed by atoms with Gasteiger partial charge in [-0.25, -0.2) is 0 Å². The molecule has 0 spiro atoms. The molecule has 0 aromatic heterocycles. The fourth-order valence-electron chi connectivity index (χ4n) is 2.52. The number of rotatable bonds is 5. The van der Waals surface area contributed by atoms with Gasteiger partial charge in [-0.3, -0.25) is 4.79 Å². The highest BCUT2D eigenvalue weighted by Gasteiger charge is 2.09. The maximum absolute atomic E-state index is 11.3. The molecular weight excluding hydrogens is 312 g/mol. The van der Waals surface area contributed by atoms with Gasteiger partial charge in [0.25, 0.3) is 0 Å². The van der Waals surface area contributed by atoms with E-state index >= 15 is 0 Å². The van der Waals surface area contributed by atoms with Gasteiger partial charge in [0.2, 0.25) is 0 Å². The van der Waals surface area contributed by atoms with Gasteiger partial charge in [-0.2, -0.15) is 0 Å². The number of hydrogen-bond donors (Lipinski definition) is 1. The van der Waals surface area contributed by atoms with Gasteiger partial charge in [0, 0.05) is 0 Å². The first-order chi connectivity index (χ1) is 12.0. The lowest BCUT2D eigenvalue weighted by molar-refractivity contribution is -0.122. The average Bonchev–Trinajstić information content (AvgIpc) is 2.63. The van der Waals surface area contributed by atoms with Gasteiger partial charge in [0.05, 0.1) is 0 Å². The SMILES string of the molecule is CC(=O)C(C)Oc1ccc(-c2ccc(-c3ccc(O)cc3)cc2)cc1. The average molecular weight is 332 g/mol. The molecule has 0 amide bonds. The van der Waals surface area contributed by atoms with Crippen LogP contribution >= 0.6 is 0 Å². The molecule has 1 unspecified atom stereocenters. The number of hydrogen-bond acceptors (Lipinski definition) is 3. The number of ketones is 1. The lowest BCUT2D eigenvalue weighted by Gasteiger charge is -2.12. The normalized spacial score (nSPS) is 11.8. The van der Waals surface area contributed by atoms with E-state index in [1.54, 1.807) is 19.1 Å². The Morgan fingerprint density at radius 1 is 0.760 bits per heavy atom. The van der Waals surface area contributed by atoms with E-state index in [1.165, 1.54) is 6.92 Å². The monoisotopic (exact) mass is 332 g/mol. The van der Waals surface area contributed by atoms with Crippen molar-refractivity contribution in [2.75, 3.05) is 0 Å². The molecular formula is C22H20O3. The fourth-order valence-corrected chi connectivity index (χ4v) is 2.52. The molecule has 0 saturated carbocycles. The minimum absolute atomic E-state index is 0.00824. The summed E-state index contributed by atoms with van der Waals surface area (Å²) in [4.78, 5) is 11.3. The number of phenolic OH excluding ortho intramolecular Hbond substituents is 1. The molecule has 0 saturated heterocycles. The molecule has 126 valence electrons. The minimum Gasteiger partial charge on any atom is -0.508 e. The number of benzene rings is 3. The Kier molecular flexibility index (Phi) is 4.85. The summed E-state index contributed by atoms with van der Waals surface area (Å²) in [6, 6.07) is 23.1. The van der Waals surface area contributed by atoms with Crippen LogP contribution in [0.2, 0.25) is 0 Å². The molecule has 1 N–H and O–H groups in total. The molecule has 0 aliphatic carbocycles. The van der Waals surface area contributed by atoms with Gasteiger partial charge < -0.3 is 9.84 Å². The first-order valence-corrected chi connectivity index (χ1v) is 8.20. The smallest absolute Gasteiger partial charge is 0.169 e. The largest absolute Gasteiger partial charge is 0.508 e. The summed E-state index contributed by atoms with van der Waals surface area (Å²) >= 11 is 0. The summed E-state index contributed by atoms with van der Waals surface area (Å²) in [5, 5.41) is 9.37. The van der Waals surface area contributed by atoms with Crippen molar-refractivity contribution in [1.82, 2.24) is 0 Å². The molecule has 3 heteroatoms. The van der Waals surface area contributed by atoms with Gasteiger partial charge in [-0.15, -0.1) is 0 Å². The number of phenols is 1. The van der Waals surface area contributed by atoms with E-state index in [4.69, 9.17) is 4.74 Å². The van der Waals surface area contributed by atoms with E-state index in [0.29, 0.717) is 5.75 Å². The lowest BCUT2D eigenvalue weighted by atomic mass is 10.0. The molecule has 3 aromatic carbocycles. The van der Waals surface area contributed by atoms with E-state index in [9.17, 15) is 9.90 Å². The molecule has 25 heavy (non-hydrogen) atoms. The van der Waals surface area contributed by atoms with Crippen LogP contribution in [0.4, 0.5) is 0 Å². The molecule has 3 nitrogen and oxygen atoms in total.